The van der Waals surface area contributed by atoms with Crippen LogP contribution in [0.3, 0.4) is 0 Å². The summed E-state index contributed by atoms with van der Waals surface area (Å²) in [5.41, 5.74) is 1.27. The first-order valence-corrected chi connectivity index (χ1v) is 6.05. The molecule has 0 bridgehead atoms. The molecule has 1 aliphatic heterocycles. The lowest BCUT2D eigenvalue weighted by molar-refractivity contribution is 0.589. The van der Waals surface area contributed by atoms with E-state index in [1.807, 2.05) is 6.20 Å². The van der Waals surface area contributed by atoms with Gasteiger partial charge < -0.3 is 15.5 Å². The minimum atomic E-state index is 0. The SMILES string of the molecule is CCCNc1cc(N2CCNCC2)ccn1.Cl.Cl. The van der Waals surface area contributed by atoms with E-state index in [0.29, 0.717) is 0 Å². The number of nitrogens with zero attached hydrogens (tertiary/aromatic N) is 2. The van der Waals surface area contributed by atoms with Crippen LogP contribution in [0.2, 0.25) is 0 Å². The van der Waals surface area contributed by atoms with Crippen molar-refractivity contribution in [3.8, 4) is 0 Å². The fourth-order valence-electron chi connectivity index (χ4n) is 1.89. The molecule has 0 amide bonds. The Hall–Kier alpha value is -0.710. The van der Waals surface area contributed by atoms with Crippen molar-refractivity contribution in [3.05, 3.63) is 18.3 Å². The molecule has 1 saturated heterocycles. The van der Waals surface area contributed by atoms with E-state index in [9.17, 15) is 0 Å². The molecule has 2 rings (SSSR count). The van der Waals surface area contributed by atoms with Crippen LogP contribution in [-0.2, 0) is 0 Å². The van der Waals surface area contributed by atoms with Gasteiger partial charge in [0.25, 0.3) is 0 Å². The summed E-state index contributed by atoms with van der Waals surface area (Å²) >= 11 is 0. The van der Waals surface area contributed by atoms with Gasteiger partial charge in [-0.2, -0.15) is 0 Å². The van der Waals surface area contributed by atoms with Gasteiger partial charge in [0.05, 0.1) is 0 Å². The normalized spacial score (nSPS) is 14.4. The lowest BCUT2D eigenvalue weighted by Crippen LogP contribution is -2.43. The predicted molar refractivity (Wildman–Crippen MR) is 82.6 cm³/mol. The van der Waals surface area contributed by atoms with Gasteiger partial charge in [0.2, 0.25) is 0 Å². The van der Waals surface area contributed by atoms with E-state index in [-0.39, 0.29) is 24.8 Å². The standard InChI is InChI=1S/C12H20N4.2ClH/c1-2-4-14-12-10-11(3-5-15-12)16-8-6-13-7-9-16;;/h3,5,10,13H,2,4,6-9H2,1H3,(H,14,15);2*1H. The highest BCUT2D eigenvalue weighted by Crippen LogP contribution is 2.17. The third kappa shape index (κ3) is 4.88. The van der Waals surface area contributed by atoms with Crippen LogP contribution in [0, 0.1) is 0 Å². The minimum absolute atomic E-state index is 0. The highest BCUT2D eigenvalue weighted by Gasteiger charge is 2.10. The van der Waals surface area contributed by atoms with E-state index in [0.717, 1.165) is 45.0 Å². The molecule has 2 N–H and O–H groups in total. The van der Waals surface area contributed by atoms with Crippen LogP contribution in [0.4, 0.5) is 11.5 Å². The molecule has 0 radical (unpaired) electrons. The number of anilines is 2. The molecule has 1 aromatic rings. The van der Waals surface area contributed by atoms with E-state index in [2.05, 4.69) is 39.6 Å². The zero-order chi connectivity index (χ0) is 11.2. The van der Waals surface area contributed by atoms with Crippen LogP contribution in [0.5, 0.6) is 0 Å². The molecular formula is C12H22Cl2N4. The maximum Gasteiger partial charge on any atom is 0.127 e. The number of pyridine rings is 1. The van der Waals surface area contributed by atoms with Gasteiger partial charge in [0, 0.05) is 50.7 Å². The van der Waals surface area contributed by atoms with Gasteiger partial charge in [-0.1, -0.05) is 6.92 Å². The summed E-state index contributed by atoms with van der Waals surface area (Å²) in [6.45, 7) is 7.44. The fraction of sp³-hybridized carbons (Fsp3) is 0.583. The smallest absolute Gasteiger partial charge is 0.127 e. The van der Waals surface area contributed by atoms with Crippen LogP contribution in [0.1, 0.15) is 13.3 Å². The molecule has 1 fully saturated rings. The van der Waals surface area contributed by atoms with E-state index >= 15 is 0 Å². The molecule has 0 spiro atoms. The largest absolute Gasteiger partial charge is 0.370 e. The summed E-state index contributed by atoms with van der Waals surface area (Å²) in [6, 6.07) is 4.23. The minimum Gasteiger partial charge on any atom is -0.370 e. The third-order valence-electron chi connectivity index (χ3n) is 2.78. The van der Waals surface area contributed by atoms with Crippen LogP contribution in [0.15, 0.2) is 18.3 Å². The highest BCUT2D eigenvalue weighted by atomic mass is 35.5. The monoisotopic (exact) mass is 292 g/mol. The maximum absolute atomic E-state index is 4.32. The zero-order valence-corrected chi connectivity index (χ0v) is 12.3. The van der Waals surface area contributed by atoms with Gasteiger partial charge in [-0.3, -0.25) is 0 Å². The summed E-state index contributed by atoms with van der Waals surface area (Å²) in [7, 11) is 0. The van der Waals surface area contributed by atoms with Gasteiger partial charge in [-0.15, -0.1) is 24.8 Å². The van der Waals surface area contributed by atoms with Crippen molar-refractivity contribution >= 4 is 36.3 Å². The molecule has 0 atom stereocenters. The van der Waals surface area contributed by atoms with Gasteiger partial charge in [0.1, 0.15) is 5.82 Å². The molecule has 1 aromatic heterocycles. The lowest BCUT2D eigenvalue weighted by Gasteiger charge is -2.29. The Kier molecular flexibility index (Phi) is 8.89. The van der Waals surface area contributed by atoms with E-state index < -0.39 is 0 Å². The second kappa shape index (κ2) is 9.25. The molecule has 2 heterocycles. The van der Waals surface area contributed by atoms with Gasteiger partial charge in [-0.05, 0) is 12.5 Å². The summed E-state index contributed by atoms with van der Waals surface area (Å²) in [5, 5.41) is 6.68. The van der Waals surface area contributed by atoms with Crippen LogP contribution in [0.25, 0.3) is 0 Å². The molecule has 4 nitrogen and oxygen atoms in total. The molecule has 0 unspecified atom stereocenters. The number of nitrogens with one attached hydrogen (secondary N) is 2. The number of hydrogen-bond donors (Lipinski definition) is 2. The van der Waals surface area contributed by atoms with Gasteiger partial charge in [-0.25, -0.2) is 4.98 Å². The van der Waals surface area contributed by atoms with Crippen LogP contribution < -0.4 is 15.5 Å². The first kappa shape index (κ1) is 17.3. The summed E-state index contributed by atoms with van der Waals surface area (Å²) < 4.78 is 0. The van der Waals surface area contributed by atoms with E-state index in [4.69, 9.17) is 0 Å². The maximum atomic E-state index is 4.32. The molecule has 18 heavy (non-hydrogen) atoms. The summed E-state index contributed by atoms with van der Waals surface area (Å²) in [6.07, 6.45) is 3.01. The first-order valence-electron chi connectivity index (χ1n) is 6.05. The van der Waals surface area contributed by atoms with Gasteiger partial charge in [0.15, 0.2) is 0 Å². The average molecular weight is 293 g/mol. The number of piperazine rings is 1. The van der Waals surface area contributed by atoms with Crippen molar-refractivity contribution in [2.24, 2.45) is 0 Å². The Labute approximate surface area is 121 Å². The Morgan fingerprint density at radius 3 is 2.72 bits per heavy atom. The Bertz CT molecular complexity index is 330. The zero-order valence-electron chi connectivity index (χ0n) is 10.7. The second-order valence-corrected chi connectivity index (χ2v) is 4.06. The Morgan fingerprint density at radius 1 is 1.33 bits per heavy atom. The molecule has 104 valence electrons. The summed E-state index contributed by atoms with van der Waals surface area (Å²) in [5.74, 6) is 0.984. The highest BCUT2D eigenvalue weighted by molar-refractivity contribution is 5.85. The predicted octanol–water partition coefficient (Wildman–Crippen LogP) is 2.16. The number of hydrogen-bond acceptors (Lipinski definition) is 4. The Balaban J connectivity index is 0.00000144. The fourth-order valence-corrected chi connectivity index (χ4v) is 1.89. The summed E-state index contributed by atoms with van der Waals surface area (Å²) in [4.78, 5) is 6.72. The van der Waals surface area contributed by atoms with Crippen molar-refractivity contribution in [1.29, 1.82) is 0 Å². The quantitative estimate of drug-likeness (QED) is 0.892. The van der Waals surface area contributed by atoms with Crippen molar-refractivity contribution in [2.75, 3.05) is 42.9 Å². The average Bonchev–Trinajstić information content (AvgIpc) is 2.38. The molecule has 0 aromatic carbocycles. The second-order valence-electron chi connectivity index (χ2n) is 4.06. The third-order valence-corrected chi connectivity index (χ3v) is 2.78. The van der Waals surface area contributed by atoms with Crippen LogP contribution in [-0.4, -0.2) is 37.7 Å². The molecule has 0 saturated carbocycles. The van der Waals surface area contributed by atoms with Crippen molar-refractivity contribution in [3.63, 3.8) is 0 Å². The molecule has 1 aliphatic rings. The van der Waals surface area contributed by atoms with Crippen molar-refractivity contribution in [2.45, 2.75) is 13.3 Å². The van der Waals surface area contributed by atoms with Crippen molar-refractivity contribution in [1.82, 2.24) is 10.3 Å². The number of aromatic nitrogens is 1. The number of halogens is 2. The number of rotatable bonds is 4. The molecular weight excluding hydrogens is 271 g/mol. The van der Waals surface area contributed by atoms with Crippen molar-refractivity contribution < 1.29 is 0 Å². The first-order chi connectivity index (χ1) is 7.90. The topological polar surface area (TPSA) is 40.2 Å². The van der Waals surface area contributed by atoms with Crippen LogP contribution >= 0.6 is 24.8 Å². The van der Waals surface area contributed by atoms with E-state index in [1.165, 1.54) is 5.69 Å². The van der Waals surface area contributed by atoms with Gasteiger partial charge >= 0.3 is 0 Å². The molecule has 6 heteroatoms. The van der Waals surface area contributed by atoms with E-state index in [1.54, 1.807) is 0 Å². The molecule has 0 aliphatic carbocycles. The Morgan fingerprint density at radius 2 is 2.06 bits per heavy atom. The lowest BCUT2D eigenvalue weighted by atomic mass is 10.3.